The van der Waals surface area contributed by atoms with Gasteiger partial charge in [0.2, 0.25) is 11.7 Å². The minimum absolute atomic E-state index is 0.0958. The first-order valence-corrected chi connectivity index (χ1v) is 7.88. The summed E-state index contributed by atoms with van der Waals surface area (Å²) in [5.41, 5.74) is 3.20. The lowest BCUT2D eigenvalue weighted by molar-refractivity contribution is 0.360. The van der Waals surface area contributed by atoms with E-state index >= 15 is 0 Å². The summed E-state index contributed by atoms with van der Waals surface area (Å²) in [5, 5.41) is 8.13. The summed E-state index contributed by atoms with van der Waals surface area (Å²) >= 11 is 6.21. The Morgan fingerprint density at radius 1 is 1.13 bits per heavy atom. The van der Waals surface area contributed by atoms with E-state index in [1.165, 1.54) is 5.56 Å². The van der Waals surface area contributed by atoms with Gasteiger partial charge in [0.05, 0.1) is 6.54 Å². The van der Waals surface area contributed by atoms with Crippen LogP contribution in [0.4, 0.5) is 0 Å². The van der Waals surface area contributed by atoms with Crippen LogP contribution in [0.25, 0.3) is 11.4 Å². The molecule has 3 rings (SSSR count). The van der Waals surface area contributed by atoms with Crippen LogP contribution >= 0.6 is 11.6 Å². The van der Waals surface area contributed by atoms with Crippen molar-refractivity contribution in [3.8, 4) is 11.4 Å². The molecule has 0 saturated heterocycles. The summed E-state index contributed by atoms with van der Waals surface area (Å²) in [6.07, 6.45) is 0. The van der Waals surface area contributed by atoms with E-state index in [9.17, 15) is 0 Å². The summed E-state index contributed by atoms with van der Waals surface area (Å²) in [5.74, 6) is 1.16. The maximum absolute atomic E-state index is 6.21. The van der Waals surface area contributed by atoms with Crippen LogP contribution in [0.5, 0.6) is 0 Å². The molecular weight excluding hydrogens is 310 g/mol. The molecular formula is C18H18ClN3O. The second-order valence-corrected chi connectivity index (χ2v) is 5.91. The minimum Gasteiger partial charge on any atom is -0.338 e. The van der Waals surface area contributed by atoms with Crippen LogP contribution in [-0.2, 0) is 6.54 Å². The molecule has 23 heavy (non-hydrogen) atoms. The second-order valence-electron chi connectivity index (χ2n) is 5.50. The molecule has 4 nitrogen and oxygen atoms in total. The van der Waals surface area contributed by atoms with Crippen molar-refractivity contribution in [3.05, 3.63) is 70.6 Å². The van der Waals surface area contributed by atoms with Crippen molar-refractivity contribution in [2.75, 3.05) is 0 Å². The molecule has 0 aliphatic carbocycles. The van der Waals surface area contributed by atoms with Crippen molar-refractivity contribution in [1.29, 1.82) is 0 Å². The Kier molecular flexibility index (Phi) is 4.74. The maximum Gasteiger partial charge on any atom is 0.240 e. The van der Waals surface area contributed by atoms with Crippen LogP contribution in [0, 0.1) is 6.92 Å². The van der Waals surface area contributed by atoms with E-state index in [1.54, 1.807) is 0 Å². The van der Waals surface area contributed by atoms with Crippen LogP contribution in [0.1, 0.15) is 30.0 Å². The third kappa shape index (κ3) is 3.78. The summed E-state index contributed by atoms with van der Waals surface area (Å²) < 4.78 is 5.31. The minimum atomic E-state index is 0.0958. The molecule has 1 unspecified atom stereocenters. The number of hydrogen-bond donors (Lipinski definition) is 1. The van der Waals surface area contributed by atoms with Crippen LogP contribution in [0.2, 0.25) is 5.02 Å². The van der Waals surface area contributed by atoms with Crippen molar-refractivity contribution in [3.63, 3.8) is 0 Å². The van der Waals surface area contributed by atoms with E-state index in [0.717, 1.165) is 16.1 Å². The number of rotatable bonds is 5. The molecule has 0 bridgehead atoms. The monoisotopic (exact) mass is 327 g/mol. The van der Waals surface area contributed by atoms with Gasteiger partial charge in [0.15, 0.2) is 0 Å². The van der Waals surface area contributed by atoms with Crippen molar-refractivity contribution in [2.24, 2.45) is 0 Å². The standard InChI is InChI=1S/C18H18ClN3O/c1-12-7-9-14(10-8-12)18-21-17(23-22-18)11-20-13(2)15-5-3-4-6-16(15)19/h3-10,13,20H,11H2,1-2H3. The summed E-state index contributed by atoms with van der Waals surface area (Å²) in [7, 11) is 0. The zero-order chi connectivity index (χ0) is 16.2. The van der Waals surface area contributed by atoms with E-state index in [1.807, 2.05) is 55.5 Å². The molecule has 0 amide bonds. The first-order valence-electron chi connectivity index (χ1n) is 7.51. The zero-order valence-corrected chi connectivity index (χ0v) is 13.8. The molecule has 1 aromatic heterocycles. The Balaban J connectivity index is 1.65. The van der Waals surface area contributed by atoms with Gasteiger partial charge in [-0.15, -0.1) is 0 Å². The lowest BCUT2D eigenvalue weighted by Crippen LogP contribution is -2.18. The van der Waals surface area contributed by atoms with Crippen LogP contribution in [-0.4, -0.2) is 10.1 Å². The normalized spacial score (nSPS) is 12.3. The number of halogens is 1. The van der Waals surface area contributed by atoms with Gasteiger partial charge in [0, 0.05) is 16.6 Å². The first-order chi connectivity index (χ1) is 11.1. The highest BCUT2D eigenvalue weighted by Crippen LogP contribution is 2.22. The SMILES string of the molecule is Cc1ccc(-c2noc(CNC(C)c3ccccc3Cl)n2)cc1. The Labute approximate surface area is 140 Å². The van der Waals surface area contributed by atoms with E-state index in [-0.39, 0.29) is 6.04 Å². The van der Waals surface area contributed by atoms with Gasteiger partial charge in [0.25, 0.3) is 0 Å². The van der Waals surface area contributed by atoms with Gasteiger partial charge in [-0.25, -0.2) is 0 Å². The molecule has 5 heteroatoms. The van der Waals surface area contributed by atoms with Gasteiger partial charge >= 0.3 is 0 Å². The van der Waals surface area contributed by atoms with Crippen LogP contribution in [0.15, 0.2) is 53.1 Å². The molecule has 0 saturated carbocycles. The molecule has 1 N–H and O–H groups in total. The Morgan fingerprint density at radius 2 is 1.87 bits per heavy atom. The Hall–Kier alpha value is -2.17. The van der Waals surface area contributed by atoms with Crippen molar-refractivity contribution >= 4 is 11.6 Å². The number of nitrogens with zero attached hydrogens (tertiary/aromatic N) is 2. The first kappa shape index (κ1) is 15.7. The number of hydrogen-bond acceptors (Lipinski definition) is 4. The van der Waals surface area contributed by atoms with Gasteiger partial charge in [-0.05, 0) is 25.5 Å². The summed E-state index contributed by atoms with van der Waals surface area (Å²) in [6.45, 7) is 4.59. The van der Waals surface area contributed by atoms with E-state index < -0.39 is 0 Å². The van der Waals surface area contributed by atoms with E-state index in [4.69, 9.17) is 16.1 Å². The molecule has 0 radical (unpaired) electrons. The molecule has 2 aromatic carbocycles. The highest BCUT2D eigenvalue weighted by atomic mass is 35.5. The molecule has 1 heterocycles. The topological polar surface area (TPSA) is 51.0 Å². The number of benzene rings is 2. The van der Waals surface area contributed by atoms with Crippen molar-refractivity contribution in [1.82, 2.24) is 15.5 Å². The van der Waals surface area contributed by atoms with Crippen LogP contribution < -0.4 is 5.32 Å². The largest absolute Gasteiger partial charge is 0.338 e. The fourth-order valence-electron chi connectivity index (χ4n) is 2.32. The van der Waals surface area contributed by atoms with Crippen molar-refractivity contribution < 1.29 is 4.52 Å². The molecule has 1 atom stereocenters. The Morgan fingerprint density at radius 3 is 2.61 bits per heavy atom. The van der Waals surface area contributed by atoms with Crippen molar-refractivity contribution in [2.45, 2.75) is 26.4 Å². The highest BCUT2D eigenvalue weighted by Gasteiger charge is 2.12. The Bertz CT molecular complexity index is 783. The lowest BCUT2D eigenvalue weighted by atomic mass is 10.1. The average molecular weight is 328 g/mol. The lowest BCUT2D eigenvalue weighted by Gasteiger charge is -2.13. The molecule has 0 aliphatic rings. The van der Waals surface area contributed by atoms with Crippen LogP contribution in [0.3, 0.4) is 0 Å². The summed E-state index contributed by atoms with van der Waals surface area (Å²) in [4.78, 5) is 4.42. The van der Waals surface area contributed by atoms with Gasteiger partial charge in [-0.2, -0.15) is 4.98 Å². The predicted molar refractivity (Wildman–Crippen MR) is 91.2 cm³/mol. The number of aromatic nitrogens is 2. The highest BCUT2D eigenvalue weighted by molar-refractivity contribution is 6.31. The quantitative estimate of drug-likeness (QED) is 0.747. The fraction of sp³-hybridized carbons (Fsp3) is 0.222. The molecule has 0 fully saturated rings. The summed E-state index contributed by atoms with van der Waals surface area (Å²) in [6, 6.07) is 15.9. The van der Waals surface area contributed by atoms with Gasteiger partial charge in [-0.1, -0.05) is 64.8 Å². The van der Waals surface area contributed by atoms with Gasteiger partial charge < -0.3 is 9.84 Å². The predicted octanol–water partition coefficient (Wildman–Crippen LogP) is 4.55. The molecule has 0 spiro atoms. The molecule has 0 aliphatic heterocycles. The average Bonchev–Trinajstić information content (AvgIpc) is 3.03. The third-order valence-electron chi connectivity index (χ3n) is 3.71. The maximum atomic E-state index is 6.21. The smallest absolute Gasteiger partial charge is 0.240 e. The van der Waals surface area contributed by atoms with E-state index in [2.05, 4.69) is 22.4 Å². The fourth-order valence-corrected chi connectivity index (χ4v) is 2.62. The zero-order valence-electron chi connectivity index (χ0n) is 13.1. The molecule has 3 aromatic rings. The number of nitrogens with one attached hydrogen (secondary N) is 1. The number of aryl methyl sites for hydroxylation is 1. The third-order valence-corrected chi connectivity index (χ3v) is 4.05. The van der Waals surface area contributed by atoms with Gasteiger partial charge in [-0.3, -0.25) is 0 Å². The van der Waals surface area contributed by atoms with E-state index in [0.29, 0.717) is 18.3 Å². The molecule has 118 valence electrons. The van der Waals surface area contributed by atoms with Gasteiger partial charge in [0.1, 0.15) is 0 Å². The second kappa shape index (κ2) is 6.94.